The van der Waals surface area contributed by atoms with E-state index in [0.717, 1.165) is 32.1 Å². The maximum atomic E-state index is 13.6. The molecule has 4 rings (SSSR count). The molecule has 0 heterocycles. The molecule has 0 aromatic heterocycles. The minimum absolute atomic E-state index is 0.00666. The lowest BCUT2D eigenvalue weighted by molar-refractivity contribution is -0.166. The number of hydrogen-bond donors (Lipinski definition) is 1. The summed E-state index contributed by atoms with van der Waals surface area (Å²) >= 11 is 0. The minimum atomic E-state index is -0.390. The topological polar surface area (TPSA) is 71.4 Å². The Balaban J connectivity index is 1.65. The molecule has 0 bridgehead atoms. The molecule has 156 valence electrons. The third-order valence-electron chi connectivity index (χ3n) is 9.72. The number of carbonyl (C=O) groups excluding carboxylic acids is 3. The van der Waals surface area contributed by atoms with Gasteiger partial charge in [0.25, 0.3) is 0 Å². The van der Waals surface area contributed by atoms with Crippen LogP contribution in [0.2, 0.25) is 0 Å². The van der Waals surface area contributed by atoms with Gasteiger partial charge in [0.05, 0.1) is 0 Å². The molecule has 0 aliphatic heterocycles. The van der Waals surface area contributed by atoms with Crippen LogP contribution >= 0.6 is 0 Å². The number of fused-ring (bicyclic) bond motifs is 5. The standard InChI is InChI=1S/C24H36O4/c1-14(5-4-10-25)17-6-7-18-22-19(13-21(28)24(17,18)3)23(2)9-8-16(26)11-15(23)12-20(22)27/h14-15,17-19,22,25H,4-13H2,1-3H3/t14-,15+,17-,18+,19+,22+,23+,24-/m1/s1. The van der Waals surface area contributed by atoms with Crippen LogP contribution in [0.4, 0.5) is 0 Å². The van der Waals surface area contributed by atoms with Crippen LogP contribution in [-0.4, -0.2) is 29.1 Å². The Hall–Kier alpha value is -1.03. The fraction of sp³-hybridized carbons (Fsp3) is 0.875. The first-order chi connectivity index (χ1) is 13.2. The first-order valence-electron chi connectivity index (χ1n) is 11.4. The Kier molecular flexibility index (Phi) is 5.09. The van der Waals surface area contributed by atoms with Crippen LogP contribution in [0.15, 0.2) is 0 Å². The maximum absolute atomic E-state index is 13.6. The van der Waals surface area contributed by atoms with E-state index in [4.69, 9.17) is 0 Å². The molecule has 4 aliphatic rings. The van der Waals surface area contributed by atoms with Crippen molar-refractivity contribution in [1.82, 2.24) is 0 Å². The van der Waals surface area contributed by atoms with Gasteiger partial charge in [0.2, 0.25) is 0 Å². The molecule has 0 saturated heterocycles. The van der Waals surface area contributed by atoms with E-state index >= 15 is 0 Å². The normalized spacial score (nSPS) is 46.7. The molecule has 4 aliphatic carbocycles. The molecule has 1 N–H and O–H groups in total. The van der Waals surface area contributed by atoms with Crippen LogP contribution < -0.4 is 0 Å². The first-order valence-corrected chi connectivity index (χ1v) is 11.4. The molecule has 0 spiro atoms. The van der Waals surface area contributed by atoms with E-state index < -0.39 is 0 Å². The molecule has 4 heteroatoms. The molecule has 28 heavy (non-hydrogen) atoms. The van der Waals surface area contributed by atoms with E-state index in [1.54, 1.807) is 0 Å². The highest BCUT2D eigenvalue weighted by Gasteiger charge is 2.66. The summed E-state index contributed by atoms with van der Waals surface area (Å²) in [5.41, 5.74) is -0.427. The number of aliphatic hydroxyl groups is 1. The highest BCUT2D eigenvalue weighted by atomic mass is 16.3. The predicted octanol–water partition coefficient (Wildman–Crippen LogP) is 3.98. The second kappa shape index (κ2) is 7.04. The summed E-state index contributed by atoms with van der Waals surface area (Å²) in [6, 6.07) is 0. The zero-order valence-corrected chi connectivity index (χ0v) is 17.7. The monoisotopic (exact) mass is 388 g/mol. The van der Waals surface area contributed by atoms with Crippen LogP contribution in [0.5, 0.6) is 0 Å². The van der Waals surface area contributed by atoms with Gasteiger partial charge in [-0.3, -0.25) is 14.4 Å². The molecule has 0 radical (unpaired) electrons. The predicted molar refractivity (Wildman–Crippen MR) is 106 cm³/mol. The van der Waals surface area contributed by atoms with E-state index in [1.165, 1.54) is 0 Å². The number of rotatable bonds is 4. The molecule has 4 saturated carbocycles. The van der Waals surface area contributed by atoms with E-state index in [9.17, 15) is 19.5 Å². The third kappa shape index (κ3) is 2.77. The molecule has 0 amide bonds. The maximum Gasteiger partial charge on any atom is 0.139 e. The van der Waals surface area contributed by atoms with Gasteiger partial charge in [-0.25, -0.2) is 0 Å². The minimum Gasteiger partial charge on any atom is -0.396 e. The van der Waals surface area contributed by atoms with Crippen molar-refractivity contribution in [3.63, 3.8) is 0 Å². The van der Waals surface area contributed by atoms with Gasteiger partial charge < -0.3 is 5.11 Å². The Morgan fingerprint density at radius 3 is 2.54 bits per heavy atom. The average Bonchev–Trinajstić information content (AvgIpc) is 3.01. The van der Waals surface area contributed by atoms with Crippen molar-refractivity contribution in [3.05, 3.63) is 0 Å². The molecule has 0 aromatic rings. The molecule has 4 fully saturated rings. The molecular weight excluding hydrogens is 352 g/mol. The Labute approximate surface area is 168 Å². The van der Waals surface area contributed by atoms with Crippen molar-refractivity contribution in [3.8, 4) is 0 Å². The Morgan fingerprint density at radius 2 is 1.82 bits per heavy atom. The molecule has 0 unspecified atom stereocenters. The largest absolute Gasteiger partial charge is 0.396 e. The van der Waals surface area contributed by atoms with Gasteiger partial charge in [0.15, 0.2) is 0 Å². The summed E-state index contributed by atoms with van der Waals surface area (Å²) in [7, 11) is 0. The second-order valence-electron chi connectivity index (χ2n) is 10.8. The lowest BCUT2D eigenvalue weighted by Gasteiger charge is -2.58. The van der Waals surface area contributed by atoms with Crippen LogP contribution in [0.25, 0.3) is 0 Å². The second-order valence-corrected chi connectivity index (χ2v) is 10.8. The first kappa shape index (κ1) is 20.3. The van der Waals surface area contributed by atoms with Crippen LogP contribution in [0.3, 0.4) is 0 Å². The fourth-order valence-corrected chi connectivity index (χ4v) is 8.00. The van der Waals surface area contributed by atoms with Gasteiger partial charge in [0, 0.05) is 43.6 Å². The molecule has 8 atom stereocenters. The number of carbonyl (C=O) groups is 3. The highest BCUT2D eigenvalue weighted by molar-refractivity contribution is 5.93. The number of Topliss-reactive ketones (excluding diaryl/α,β-unsaturated/α-hetero) is 3. The molecule has 4 nitrogen and oxygen atoms in total. The molecule has 0 aromatic carbocycles. The summed E-state index contributed by atoms with van der Waals surface area (Å²) in [5, 5.41) is 9.22. The van der Waals surface area contributed by atoms with Gasteiger partial charge >= 0.3 is 0 Å². The van der Waals surface area contributed by atoms with Gasteiger partial charge in [-0.1, -0.05) is 20.8 Å². The van der Waals surface area contributed by atoms with Gasteiger partial charge in [-0.15, -0.1) is 0 Å². The summed E-state index contributed by atoms with van der Waals surface area (Å²) in [5.74, 6) is 2.15. The van der Waals surface area contributed by atoms with Crippen LogP contribution in [0.1, 0.15) is 78.6 Å². The number of ketones is 3. The van der Waals surface area contributed by atoms with Crippen molar-refractivity contribution in [2.24, 2.45) is 46.3 Å². The van der Waals surface area contributed by atoms with Crippen molar-refractivity contribution < 1.29 is 19.5 Å². The van der Waals surface area contributed by atoms with Crippen LogP contribution in [0, 0.1) is 46.3 Å². The smallest absolute Gasteiger partial charge is 0.139 e. The summed E-state index contributed by atoms with van der Waals surface area (Å²) < 4.78 is 0. The van der Waals surface area contributed by atoms with E-state index in [2.05, 4.69) is 20.8 Å². The highest BCUT2D eigenvalue weighted by Crippen LogP contribution is 2.66. The summed E-state index contributed by atoms with van der Waals surface area (Å²) in [6.45, 7) is 6.84. The van der Waals surface area contributed by atoms with Gasteiger partial charge in [-0.05, 0) is 67.1 Å². The lowest BCUT2D eigenvalue weighted by atomic mass is 9.44. The lowest BCUT2D eigenvalue weighted by Crippen LogP contribution is -2.60. The molecular formula is C24H36O4. The van der Waals surface area contributed by atoms with E-state index in [0.29, 0.717) is 54.9 Å². The summed E-state index contributed by atoms with van der Waals surface area (Å²) in [6.07, 6.45) is 6.77. The number of hydrogen-bond acceptors (Lipinski definition) is 4. The number of aliphatic hydroxyl groups excluding tert-OH is 1. The quantitative estimate of drug-likeness (QED) is 0.791. The Morgan fingerprint density at radius 1 is 1.07 bits per heavy atom. The van der Waals surface area contributed by atoms with Crippen LogP contribution in [-0.2, 0) is 14.4 Å². The zero-order valence-electron chi connectivity index (χ0n) is 17.7. The summed E-state index contributed by atoms with van der Waals surface area (Å²) in [4.78, 5) is 39.0. The van der Waals surface area contributed by atoms with Gasteiger partial charge in [0.1, 0.15) is 17.3 Å². The van der Waals surface area contributed by atoms with E-state index in [1.807, 2.05) is 0 Å². The average molecular weight is 389 g/mol. The van der Waals surface area contributed by atoms with Crippen molar-refractivity contribution in [2.45, 2.75) is 78.6 Å². The SMILES string of the molecule is C[C@H](CCCO)[C@H]1CC[C@H]2[C@@H]3C(=O)C[C@@H]4CC(=O)CC[C@]4(C)[C@H]3CC(=O)[C@]12C. The van der Waals surface area contributed by atoms with E-state index in [-0.39, 0.29) is 41.1 Å². The Bertz CT molecular complexity index is 684. The van der Waals surface area contributed by atoms with Crippen molar-refractivity contribution in [1.29, 1.82) is 0 Å². The van der Waals surface area contributed by atoms with Crippen molar-refractivity contribution in [2.75, 3.05) is 6.61 Å². The fourth-order valence-electron chi connectivity index (χ4n) is 8.00. The zero-order chi connectivity index (χ0) is 20.3. The third-order valence-corrected chi connectivity index (χ3v) is 9.72. The van der Waals surface area contributed by atoms with Gasteiger partial charge in [-0.2, -0.15) is 0 Å². The van der Waals surface area contributed by atoms with Crippen molar-refractivity contribution >= 4 is 17.3 Å².